The molecule has 2 heterocycles. The van der Waals surface area contributed by atoms with Crippen LogP contribution in [0.1, 0.15) is 52.9 Å². The minimum atomic E-state index is -1.81. The zero-order valence-corrected chi connectivity index (χ0v) is 15.9. The number of aromatic nitrogens is 4. The molecule has 9 heteroatoms. The van der Waals surface area contributed by atoms with Crippen LogP contribution in [0.2, 0.25) is 0 Å². The van der Waals surface area contributed by atoms with Gasteiger partial charge in [-0.05, 0) is 19.3 Å². The first-order valence-electron chi connectivity index (χ1n) is 8.83. The maximum absolute atomic E-state index is 12.7. The van der Waals surface area contributed by atoms with Gasteiger partial charge >= 0.3 is 5.69 Å². The number of fused-ring (bicyclic) bond motifs is 1. The van der Waals surface area contributed by atoms with Crippen LogP contribution in [0.5, 0.6) is 0 Å². The molecule has 0 amide bonds. The van der Waals surface area contributed by atoms with Crippen LogP contribution < -0.4 is 11.2 Å². The molecule has 2 aromatic heterocycles. The molecule has 2 rings (SSSR count). The molecule has 8 nitrogen and oxygen atoms in total. The summed E-state index contributed by atoms with van der Waals surface area (Å²) in [6.07, 6.45) is 5.52. The molecule has 0 saturated carbocycles. The summed E-state index contributed by atoms with van der Waals surface area (Å²) in [6, 6.07) is 0. The van der Waals surface area contributed by atoms with E-state index in [0.29, 0.717) is 25.2 Å². The monoisotopic (exact) mass is 370 g/mol. The number of nitrogens with zero attached hydrogens (tertiary/aromatic N) is 4. The van der Waals surface area contributed by atoms with Gasteiger partial charge in [0.25, 0.3) is 16.8 Å². The molecule has 0 aliphatic rings. The third-order valence-corrected chi connectivity index (χ3v) is 4.75. The second-order valence-corrected chi connectivity index (χ2v) is 6.95. The Bertz CT molecular complexity index is 852. The highest BCUT2D eigenvalue weighted by atomic mass is 32.2. The highest BCUT2D eigenvalue weighted by Gasteiger charge is 2.18. The van der Waals surface area contributed by atoms with Crippen LogP contribution in [-0.4, -0.2) is 29.1 Å². The van der Waals surface area contributed by atoms with E-state index in [1.54, 1.807) is 4.57 Å². The molecule has 0 aromatic carbocycles. The van der Waals surface area contributed by atoms with Gasteiger partial charge in [0.2, 0.25) is 0 Å². The van der Waals surface area contributed by atoms with E-state index in [1.807, 2.05) is 20.8 Å². The van der Waals surface area contributed by atoms with E-state index in [1.165, 1.54) is 10.8 Å². The van der Waals surface area contributed by atoms with Gasteiger partial charge in [-0.2, -0.15) is 9.19 Å². The van der Waals surface area contributed by atoms with Crippen LogP contribution in [-0.2, 0) is 28.5 Å². The Morgan fingerprint density at radius 3 is 2.28 bits per heavy atom. The highest BCUT2D eigenvalue weighted by molar-refractivity contribution is 7.78. The predicted molar refractivity (Wildman–Crippen MR) is 97.9 cm³/mol. The lowest BCUT2D eigenvalue weighted by atomic mass is 10.3. The number of hydrogen-bond donors (Lipinski definition) is 0. The summed E-state index contributed by atoms with van der Waals surface area (Å²) in [5.74, 6) is 0. The van der Waals surface area contributed by atoms with E-state index in [-0.39, 0.29) is 11.2 Å². The number of hydrogen-bond acceptors (Lipinski definition) is 5. The molecule has 140 valence electrons. The fourth-order valence-corrected chi connectivity index (χ4v) is 3.24. The van der Waals surface area contributed by atoms with Crippen molar-refractivity contribution in [1.82, 2.24) is 18.3 Å². The molecular weight excluding hydrogens is 344 g/mol. The summed E-state index contributed by atoms with van der Waals surface area (Å²) in [6.45, 7) is 7.12. The van der Waals surface area contributed by atoms with Crippen LogP contribution in [0.25, 0.3) is 11.0 Å². The molecule has 1 unspecified atom stereocenters. The van der Waals surface area contributed by atoms with Gasteiger partial charge in [-0.25, -0.2) is 9.00 Å². The van der Waals surface area contributed by atoms with E-state index in [4.69, 9.17) is 4.18 Å². The molecule has 0 aliphatic carbocycles. The lowest BCUT2D eigenvalue weighted by molar-refractivity contribution is 0.341. The quantitative estimate of drug-likeness (QED) is 0.636. The third kappa shape index (κ3) is 4.27. The lowest BCUT2D eigenvalue weighted by Gasteiger charge is -2.10. The Labute approximate surface area is 149 Å². The van der Waals surface area contributed by atoms with Gasteiger partial charge in [-0.1, -0.05) is 33.6 Å². The lowest BCUT2D eigenvalue weighted by Crippen LogP contribution is -2.40. The molecule has 0 radical (unpaired) electrons. The number of unbranched alkanes of at least 4 members (excludes halogenated alkanes) is 2. The Morgan fingerprint density at radius 1 is 1.04 bits per heavy atom. The van der Waals surface area contributed by atoms with Crippen LogP contribution in [0, 0.1) is 0 Å². The average molecular weight is 370 g/mol. The zero-order chi connectivity index (χ0) is 18.4. The van der Waals surface area contributed by atoms with Gasteiger partial charge in [0, 0.05) is 13.1 Å². The largest absolute Gasteiger partial charge is 0.331 e. The van der Waals surface area contributed by atoms with Gasteiger partial charge in [-0.15, -0.1) is 0 Å². The predicted octanol–water partition coefficient (Wildman–Crippen LogP) is 1.81. The Kier molecular flexibility index (Phi) is 7.12. The van der Waals surface area contributed by atoms with Crippen molar-refractivity contribution < 1.29 is 8.39 Å². The molecule has 0 spiro atoms. The van der Waals surface area contributed by atoms with Crippen molar-refractivity contribution in [3.63, 3.8) is 0 Å². The van der Waals surface area contributed by atoms with E-state index >= 15 is 0 Å². The van der Waals surface area contributed by atoms with Crippen molar-refractivity contribution in [1.29, 1.82) is 0 Å². The van der Waals surface area contributed by atoms with E-state index < -0.39 is 16.8 Å². The molecule has 0 fully saturated rings. The summed E-state index contributed by atoms with van der Waals surface area (Å²) < 4.78 is 21.2. The first-order valence-corrected chi connectivity index (χ1v) is 9.86. The topological polar surface area (TPSA) is 88.1 Å². The molecule has 1 atom stereocenters. The number of aryl methyl sites for hydroxylation is 1. The first-order chi connectivity index (χ1) is 12.0. The summed E-state index contributed by atoms with van der Waals surface area (Å²) in [5.41, 5.74) is -0.212. The summed E-state index contributed by atoms with van der Waals surface area (Å²) in [5, 5.41) is 4.14. The molecule has 0 N–H and O–H groups in total. The van der Waals surface area contributed by atoms with Crippen molar-refractivity contribution in [2.45, 2.75) is 66.0 Å². The summed E-state index contributed by atoms with van der Waals surface area (Å²) in [7, 11) is 0. The van der Waals surface area contributed by atoms with Crippen molar-refractivity contribution in [3.8, 4) is 0 Å². The maximum atomic E-state index is 12.7. The van der Waals surface area contributed by atoms with Crippen LogP contribution in [0.15, 0.2) is 15.8 Å². The van der Waals surface area contributed by atoms with Crippen LogP contribution >= 0.6 is 0 Å². The second-order valence-electron chi connectivity index (χ2n) is 5.90. The van der Waals surface area contributed by atoms with E-state index in [0.717, 1.165) is 36.2 Å². The second kappa shape index (κ2) is 9.10. The van der Waals surface area contributed by atoms with Gasteiger partial charge in [0.15, 0.2) is 5.52 Å². The first kappa shape index (κ1) is 19.6. The molecule has 2 aromatic rings. The summed E-state index contributed by atoms with van der Waals surface area (Å²) >= 11 is -1.81. The van der Waals surface area contributed by atoms with Crippen molar-refractivity contribution in [2.75, 3.05) is 6.61 Å². The maximum Gasteiger partial charge on any atom is 0.331 e. The number of rotatable bonds is 10. The minimum Gasteiger partial charge on any atom is -0.290 e. The molecular formula is C16H26N4O4S. The standard InChI is InChI=1S/C16H26N4O4S/c1-4-7-9-18-13-12-20(25(23)24-11-6-3)17-14(13)15(21)19(16(18)22)10-8-5-2/h12H,4-11H2,1-3H3. The summed E-state index contributed by atoms with van der Waals surface area (Å²) in [4.78, 5) is 25.4. The van der Waals surface area contributed by atoms with Crippen LogP contribution in [0.4, 0.5) is 0 Å². The van der Waals surface area contributed by atoms with Crippen molar-refractivity contribution in [2.24, 2.45) is 0 Å². The Morgan fingerprint density at radius 2 is 1.68 bits per heavy atom. The fraction of sp³-hybridized carbons (Fsp3) is 0.688. The van der Waals surface area contributed by atoms with Crippen molar-refractivity contribution in [3.05, 3.63) is 27.0 Å². The van der Waals surface area contributed by atoms with Gasteiger partial charge in [-0.3, -0.25) is 18.1 Å². The molecule has 0 saturated heterocycles. The fourth-order valence-electron chi connectivity index (χ4n) is 2.49. The highest BCUT2D eigenvalue weighted by Crippen LogP contribution is 2.09. The zero-order valence-electron chi connectivity index (χ0n) is 15.1. The van der Waals surface area contributed by atoms with E-state index in [2.05, 4.69) is 5.10 Å². The Balaban J connectivity index is 2.59. The molecule has 0 aliphatic heterocycles. The Hall–Kier alpha value is -1.74. The van der Waals surface area contributed by atoms with Gasteiger partial charge in [0.1, 0.15) is 0 Å². The minimum absolute atomic E-state index is 0.153. The molecule has 0 bridgehead atoms. The third-order valence-electron chi connectivity index (χ3n) is 3.89. The van der Waals surface area contributed by atoms with Crippen molar-refractivity contribution >= 4 is 22.3 Å². The normalized spacial score (nSPS) is 12.8. The average Bonchev–Trinajstić information content (AvgIpc) is 3.05. The van der Waals surface area contributed by atoms with Crippen LogP contribution in [0.3, 0.4) is 0 Å². The SMILES string of the molecule is CCCCn1c(=O)c2nn(S(=O)OCCC)cc2n(CCCC)c1=O. The van der Waals surface area contributed by atoms with Gasteiger partial charge in [0.05, 0.1) is 18.3 Å². The molecule has 25 heavy (non-hydrogen) atoms. The smallest absolute Gasteiger partial charge is 0.290 e. The van der Waals surface area contributed by atoms with Gasteiger partial charge < -0.3 is 0 Å². The van der Waals surface area contributed by atoms with E-state index in [9.17, 15) is 13.8 Å².